The standard InChI is InChI=1S/C22H21FN4O4/c1-26-8-10-27(11-9-26)22(31)13-6-7-17(28)16(12-13)25-19-18(20(29)21(19)30)24-15-5-3-2-4-14(15)23/h2-7,12,24-25,28H,8-11H2,1H3. The Morgan fingerprint density at radius 2 is 1.55 bits per heavy atom. The Hall–Kier alpha value is -3.72. The molecule has 0 aromatic heterocycles. The topological polar surface area (TPSA) is 102 Å². The Morgan fingerprint density at radius 1 is 0.935 bits per heavy atom. The van der Waals surface area contributed by atoms with Crippen molar-refractivity contribution in [3.05, 3.63) is 74.3 Å². The van der Waals surface area contributed by atoms with Crippen molar-refractivity contribution >= 4 is 28.7 Å². The quantitative estimate of drug-likeness (QED) is 0.425. The first kappa shape index (κ1) is 20.5. The van der Waals surface area contributed by atoms with Crippen LogP contribution in [0, 0.1) is 5.82 Å². The zero-order valence-corrected chi connectivity index (χ0v) is 16.8. The minimum Gasteiger partial charge on any atom is -0.506 e. The number of halogens is 1. The molecule has 9 heteroatoms. The smallest absolute Gasteiger partial charge is 0.254 e. The van der Waals surface area contributed by atoms with Gasteiger partial charge in [-0.3, -0.25) is 14.4 Å². The second-order valence-electron chi connectivity index (χ2n) is 7.47. The molecular formula is C22H21FN4O4. The number of anilines is 4. The number of rotatable bonds is 5. The van der Waals surface area contributed by atoms with E-state index in [9.17, 15) is 23.9 Å². The Balaban J connectivity index is 1.58. The number of carbonyl (C=O) groups is 1. The lowest BCUT2D eigenvalue weighted by atomic mass is 10.1. The summed E-state index contributed by atoms with van der Waals surface area (Å²) in [6.07, 6.45) is 0. The number of nitrogens with one attached hydrogen (secondary N) is 2. The fraction of sp³-hybridized carbons (Fsp3) is 0.227. The third-order valence-electron chi connectivity index (χ3n) is 5.34. The van der Waals surface area contributed by atoms with Gasteiger partial charge in [0.05, 0.1) is 11.4 Å². The van der Waals surface area contributed by atoms with E-state index in [0.29, 0.717) is 18.7 Å². The maximum Gasteiger partial charge on any atom is 0.254 e. The summed E-state index contributed by atoms with van der Waals surface area (Å²) >= 11 is 0. The number of phenols is 1. The van der Waals surface area contributed by atoms with Crippen LogP contribution in [0.3, 0.4) is 0 Å². The highest BCUT2D eigenvalue weighted by Crippen LogP contribution is 2.31. The summed E-state index contributed by atoms with van der Waals surface area (Å²) in [4.78, 5) is 40.8. The fourth-order valence-corrected chi connectivity index (χ4v) is 3.42. The van der Waals surface area contributed by atoms with Crippen LogP contribution < -0.4 is 21.5 Å². The molecule has 0 unspecified atom stereocenters. The number of para-hydroxylation sites is 1. The van der Waals surface area contributed by atoms with Crippen molar-refractivity contribution in [2.24, 2.45) is 0 Å². The summed E-state index contributed by atoms with van der Waals surface area (Å²) < 4.78 is 13.9. The Labute approximate surface area is 177 Å². The molecule has 1 aliphatic rings. The average Bonchev–Trinajstić information content (AvgIpc) is 2.78. The second kappa shape index (κ2) is 8.19. The van der Waals surface area contributed by atoms with E-state index in [2.05, 4.69) is 15.5 Å². The molecular weight excluding hydrogens is 403 g/mol. The largest absolute Gasteiger partial charge is 0.506 e. The summed E-state index contributed by atoms with van der Waals surface area (Å²) in [6.45, 7) is 2.72. The van der Waals surface area contributed by atoms with Gasteiger partial charge in [-0.1, -0.05) is 12.1 Å². The predicted molar refractivity (Wildman–Crippen MR) is 116 cm³/mol. The van der Waals surface area contributed by atoms with Crippen molar-refractivity contribution in [3.63, 3.8) is 0 Å². The molecule has 1 heterocycles. The zero-order valence-electron chi connectivity index (χ0n) is 16.8. The fourth-order valence-electron chi connectivity index (χ4n) is 3.42. The van der Waals surface area contributed by atoms with Gasteiger partial charge in [0.2, 0.25) is 0 Å². The lowest BCUT2D eigenvalue weighted by Crippen LogP contribution is -2.47. The number of carbonyl (C=O) groups excluding carboxylic acids is 1. The molecule has 1 aliphatic heterocycles. The molecule has 0 aliphatic carbocycles. The average molecular weight is 424 g/mol. The van der Waals surface area contributed by atoms with Crippen molar-refractivity contribution < 1.29 is 14.3 Å². The van der Waals surface area contributed by atoms with Crippen molar-refractivity contribution in [1.29, 1.82) is 0 Å². The van der Waals surface area contributed by atoms with Gasteiger partial charge in [0.25, 0.3) is 16.8 Å². The molecule has 0 spiro atoms. The van der Waals surface area contributed by atoms with Crippen LogP contribution in [0.25, 0.3) is 0 Å². The third-order valence-corrected chi connectivity index (χ3v) is 5.34. The van der Waals surface area contributed by atoms with Gasteiger partial charge in [-0.25, -0.2) is 4.39 Å². The highest BCUT2D eigenvalue weighted by atomic mass is 19.1. The Bertz CT molecular complexity index is 1210. The number of nitrogens with zero attached hydrogens (tertiary/aromatic N) is 2. The van der Waals surface area contributed by atoms with Gasteiger partial charge in [-0.2, -0.15) is 0 Å². The van der Waals surface area contributed by atoms with Crippen LogP contribution in [0.4, 0.5) is 27.1 Å². The maximum atomic E-state index is 13.9. The monoisotopic (exact) mass is 424 g/mol. The van der Waals surface area contributed by atoms with Crippen molar-refractivity contribution in [2.45, 2.75) is 0 Å². The molecule has 1 saturated heterocycles. The summed E-state index contributed by atoms with van der Waals surface area (Å²) in [5.41, 5.74) is -1.32. The molecule has 1 fully saturated rings. The minimum atomic E-state index is -0.797. The number of hydrogen-bond acceptors (Lipinski definition) is 7. The third kappa shape index (κ3) is 3.99. The van der Waals surface area contributed by atoms with Crippen LogP contribution in [0.5, 0.6) is 5.75 Å². The van der Waals surface area contributed by atoms with E-state index >= 15 is 0 Å². The molecule has 0 atom stereocenters. The minimum absolute atomic E-state index is 0.0425. The number of piperazine rings is 1. The molecule has 31 heavy (non-hydrogen) atoms. The number of phenolic OH excluding ortho intramolecular Hbond substituents is 1. The SMILES string of the molecule is CN1CCN(C(=O)c2ccc(O)c(Nc3c(Nc4ccccc4F)c(=O)c3=O)c2)CC1. The van der Waals surface area contributed by atoms with E-state index in [1.807, 2.05) is 7.05 Å². The number of likely N-dealkylation sites (N-methyl/N-ethyl adjacent to an activating group) is 1. The van der Waals surface area contributed by atoms with Crippen molar-refractivity contribution in [1.82, 2.24) is 9.80 Å². The summed E-state index contributed by atoms with van der Waals surface area (Å²) in [5.74, 6) is -0.963. The number of benzene rings is 2. The van der Waals surface area contributed by atoms with E-state index in [0.717, 1.165) is 13.1 Å². The predicted octanol–water partition coefficient (Wildman–Crippen LogP) is 2.00. The number of aromatic hydroxyl groups is 1. The Morgan fingerprint density at radius 3 is 2.19 bits per heavy atom. The van der Waals surface area contributed by atoms with E-state index < -0.39 is 16.7 Å². The van der Waals surface area contributed by atoms with Gasteiger partial charge in [0, 0.05) is 31.7 Å². The highest BCUT2D eigenvalue weighted by Gasteiger charge is 2.24. The van der Waals surface area contributed by atoms with Gasteiger partial charge in [0.15, 0.2) is 0 Å². The summed E-state index contributed by atoms with van der Waals surface area (Å²) in [7, 11) is 1.99. The molecule has 0 bridgehead atoms. The van der Waals surface area contributed by atoms with Crippen LogP contribution in [0.2, 0.25) is 0 Å². The lowest BCUT2D eigenvalue weighted by Gasteiger charge is -2.32. The normalized spacial score (nSPS) is 14.6. The van der Waals surface area contributed by atoms with Crippen LogP contribution in [-0.4, -0.2) is 54.0 Å². The molecule has 0 radical (unpaired) electrons. The first-order valence-electron chi connectivity index (χ1n) is 9.78. The van der Waals surface area contributed by atoms with Gasteiger partial charge in [-0.15, -0.1) is 0 Å². The van der Waals surface area contributed by atoms with Gasteiger partial charge >= 0.3 is 0 Å². The highest BCUT2D eigenvalue weighted by molar-refractivity contribution is 5.96. The van der Waals surface area contributed by atoms with E-state index in [4.69, 9.17) is 0 Å². The molecule has 3 N–H and O–H groups in total. The van der Waals surface area contributed by atoms with Crippen LogP contribution >= 0.6 is 0 Å². The molecule has 160 valence electrons. The van der Waals surface area contributed by atoms with E-state index in [1.54, 1.807) is 11.0 Å². The van der Waals surface area contributed by atoms with Crippen LogP contribution in [0.15, 0.2) is 52.1 Å². The first-order chi connectivity index (χ1) is 14.8. The van der Waals surface area contributed by atoms with Crippen molar-refractivity contribution in [3.8, 4) is 5.75 Å². The maximum absolute atomic E-state index is 13.9. The van der Waals surface area contributed by atoms with Gasteiger partial charge in [-0.05, 0) is 37.4 Å². The van der Waals surface area contributed by atoms with E-state index in [-0.39, 0.29) is 34.4 Å². The zero-order chi connectivity index (χ0) is 22.1. The van der Waals surface area contributed by atoms with Crippen LogP contribution in [-0.2, 0) is 0 Å². The molecule has 8 nitrogen and oxygen atoms in total. The summed E-state index contributed by atoms with van der Waals surface area (Å²) in [5, 5.41) is 15.5. The first-order valence-corrected chi connectivity index (χ1v) is 9.78. The molecule has 3 aromatic carbocycles. The second-order valence-corrected chi connectivity index (χ2v) is 7.47. The number of amides is 1. The van der Waals surface area contributed by atoms with E-state index in [1.165, 1.54) is 36.4 Å². The molecule has 3 aromatic rings. The van der Waals surface area contributed by atoms with Gasteiger partial charge in [0.1, 0.15) is 22.9 Å². The summed E-state index contributed by atoms with van der Waals surface area (Å²) in [6, 6.07) is 10.0. The van der Waals surface area contributed by atoms with Gasteiger partial charge < -0.3 is 25.5 Å². The molecule has 4 rings (SSSR count). The lowest BCUT2D eigenvalue weighted by molar-refractivity contribution is 0.0664. The number of hydrogen-bond donors (Lipinski definition) is 3. The van der Waals surface area contributed by atoms with Crippen molar-refractivity contribution in [2.75, 3.05) is 43.9 Å². The Kier molecular flexibility index (Phi) is 5.43. The van der Waals surface area contributed by atoms with Crippen LogP contribution in [0.1, 0.15) is 10.4 Å². The molecule has 1 amide bonds. The molecule has 0 saturated carbocycles.